The van der Waals surface area contributed by atoms with Crippen LogP contribution in [0.3, 0.4) is 0 Å². The molecule has 2 N–H and O–H groups in total. The number of hydrogen-bond donors (Lipinski definition) is 2. The zero-order valence-corrected chi connectivity index (χ0v) is 24.2. The summed E-state index contributed by atoms with van der Waals surface area (Å²) in [6, 6.07) is 26.8. The van der Waals surface area contributed by atoms with Gasteiger partial charge in [-0.1, -0.05) is 66.2 Å². The number of ether oxygens (including phenoxy) is 1. The Morgan fingerprint density at radius 2 is 1.74 bits per heavy atom. The van der Waals surface area contributed by atoms with Crippen molar-refractivity contribution in [2.75, 3.05) is 29.9 Å². The van der Waals surface area contributed by atoms with Crippen molar-refractivity contribution in [2.24, 2.45) is 0 Å². The normalized spacial score (nSPS) is 13.7. The third-order valence-electron chi connectivity index (χ3n) is 7.50. The molecule has 43 heavy (non-hydrogen) atoms. The fourth-order valence-electron chi connectivity index (χ4n) is 5.24. The third kappa shape index (κ3) is 6.85. The Kier molecular flexibility index (Phi) is 8.62. The van der Waals surface area contributed by atoms with Crippen LogP contribution in [0, 0.1) is 0 Å². The van der Waals surface area contributed by atoms with Crippen LogP contribution in [0.4, 0.5) is 11.4 Å². The summed E-state index contributed by atoms with van der Waals surface area (Å²) in [6.07, 6.45) is 5.17. The Bertz CT molecular complexity index is 1730. The van der Waals surface area contributed by atoms with Crippen molar-refractivity contribution in [2.45, 2.75) is 25.5 Å². The number of para-hydroxylation sites is 2. The molecule has 0 bridgehead atoms. The number of carbonyl (C=O) groups excluding carboxylic acids is 2. The van der Waals surface area contributed by atoms with Crippen molar-refractivity contribution in [3.8, 4) is 11.1 Å². The van der Waals surface area contributed by atoms with E-state index in [9.17, 15) is 9.59 Å². The summed E-state index contributed by atoms with van der Waals surface area (Å²) in [6.45, 7) is 2.02. The average molecular weight is 595 g/mol. The number of aromatic nitrogens is 3. The third-order valence-corrected chi connectivity index (χ3v) is 7.74. The topological polar surface area (TPSA) is 101 Å². The molecule has 0 radical (unpaired) electrons. The van der Waals surface area contributed by atoms with Crippen molar-refractivity contribution in [1.29, 1.82) is 0 Å². The number of rotatable bonds is 9. The number of esters is 1. The quantitative estimate of drug-likeness (QED) is 0.214. The number of fused-ring (bicyclic) bond motifs is 1. The number of nitrogens with one attached hydrogen (secondary N) is 2. The number of piperidine rings is 1. The van der Waals surface area contributed by atoms with Crippen molar-refractivity contribution in [3.05, 3.63) is 114 Å². The second kappa shape index (κ2) is 13.1. The molecule has 10 heteroatoms. The van der Waals surface area contributed by atoms with Crippen LogP contribution >= 0.6 is 11.6 Å². The first kappa shape index (κ1) is 28.4. The number of benzene rings is 3. The number of anilines is 2. The van der Waals surface area contributed by atoms with E-state index in [1.54, 1.807) is 23.0 Å². The van der Waals surface area contributed by atoms with Gasteiger partial charge in [0.25, 0.3) is 5.91 Å². The lowest BCUT2D eigenvalue weighted by molar-refractivity contribution is -0.144. The molecule has 1 saturated heterocycles. The zero-order valence-electron chi connectivity index (χ0n) is 23.4. The largest absolute Gasteiger partial charge is 0.460 e. The molecule has 1 aliphatic heterocycles. The fraction of sp³-hybridized carbons (Fsp3) is 0.212. The van der Waals surface area contributed by atoms with Gasteiger partial charge in [0.1, 0.15) is 12.3 Å². The summed E-state index contributed by atoms with van der Waals surface area (Å²) < 4.78 is 7.03. The minimum Gasteiger partial charge on any atom is -0.460 e. The van der Waals surface area contributed by atoms with Gasteiger partial charge < -0.3 is 20.3 Å². The van der Waals surface area contributed by atoms with E-state index in [0.717, 1.165) is 48.3 Å². The zero-order chi connectivity index (χ0) is 29.6. The maximum absolute atomic E-state index is 13.4. The van der Waals surface area contributed by atoms with Crippen molar-refractivity contribution >= 4 is 40.5 Å². The van der Waals surface area contributed by atoms with Crippen molar-refractivity contribution in [1.82, 2.24) is 19.9 Å². The maximum Gasteiger partial charge on any atom is 0.320 e. The predicted octanol–water partition coefficient (Wildman–Crippen LogP) is 5.60. The first-order valence-electron chi connectivity index (χ1n) is 14.2. The van der Waals surface area contributed by atoms with Gasteiger partial charge in [0.2, 0.25) is 0 Å². The standard InChI is InChI=1S/C33H31ClN6O3/c34-25-10-6-9-24(19-25)27-20-36-40-18-15-29(37-32(27)40)33(42)38-28-11-4-5-12-30(28)39-16-13-26(14-17-39)35-21-31(41)43-22-23-7-2-1-3-8-23/h1-12,15,18-20,26,35H,13-14,16-17,21-22H2,(H,38,42). The van der Waals surface area contributed by atoms with E-state index < -0.39 is 0 Å². The van der Waals surface area contributed by atoms with Crippen LogP contribution in [-0.4, -0.2) is 52.2 Å². The Labute approximate surface area is 254 Å². The van der Waals surface area contributed by atoms with Crippen LogP contribution in [0.15, 0.2) is 97.3 Å². The predicted molar refractivity (Wildman–Crippen MR) is 167 cm³/mol. The van der Waals surface area contributed by atoms with E-state index in [4.69, 9.17) is 16.3 Å². The van der Waals surface area contributed by atoms with Gasteiger partial charge in [0.05, 0.1) is 24.1 Å². The number of amides is 1. The van der Waals surface area contributed by atoms with Crippen LogP contribution in [-0.2, 0) is 16.1 Å². The molecule has 0 aliphatic carbocycles. The number of halogens is 1. The van der Waals surface area contributed by atoms with E-state index in [1.807, 2.05) is 78.9 Å². The van der Waals surface area contributed by atoms with Gasteiger partial charge in [-0.15, -0.1) is 0 Å². The second-order valence-corrected chi connectivity index (χ2v) is 10.8. The second-order valence-electron chi connectivity index (χ2n) is 10.4. The molecule has 0 spiro atoms. The van der Waals surface area contributed by atoms with Gasteiger partial charge in [0.15, 0.2) is 5.65 Å². The Morgan fingerprint density at radius 3 is 2.56 bits per heavy atom. The Balaban J connectivity index is 1.06. The summed E-state index contributed by atoms with van der Waals surface area (Å²) in [4.78, 5) is 32.5. The smallest absolute Gasteiger partial charge is 0.320 e. The summed E-state index contributed by atoms with van der Waals surface area (Å²) >= 11 is 6.19. The van der Waals surface area contributed by atoms with Crippen LogP contribution in [0.1, 0.15) is 28.9 Å². The van der Waals surface area contributed by atoms with Gasteiger partial charge in [-0.25, -0.2) is 9.50 Å². The van der Waals surface area contributed by atoms with Gasteiger partial charge >= 0.3 is 5.97 Å². The molecule has 1 amide bonds. The number of carbonyl (C=O) groups is 2. The molecule has 2 aromatic heterocycles. The van der Waals surface area contributed by atoms with Crippen LogP contribution in [0.2, 0.25) is 5.02 Å². The van der Waals surface area contributed by atoms with Crippen LogP contribution in [0.25, 0.3) is 16.8 Å². The molecule has 0 unspecified atom stereocenters. The SMILES string of the molecule is O=C(CNC1CCN(c2ccccc2NC(=O)c2ccn3ncc(-c4cccc(Cl)c4)c3n2)CC1)OCc1ccccc1. The van der Waals surface area contributed by atoms with Crippen LogP contribution in [0.5, 0.6) is 0 Å². The van der Waals surface area contributed by atoms with Gasteiger partial charge in [0, 0.05) is 35.9 Å². The fourth-order valence-corrected chi connectivity index (χ4v) is 5.43. The lowest BCUT2D eigenvalue weighted by Gasteiger charge is -2.35. The Morgan fingerprint density at radius 1 is 0.953 bits per heavy atom. The van der Waals surface area contributed by atoms with Crippen molar-refractivity contribution in [3.63, 3.8) is 0 Å². The summed E-state index contributed by atoms with van der Waals surface area (Å²) in [5.74, 6) is -0.569. The lowest BCUT2D eigenvalue weighted by atomic mass is 10.0. The molecule has 1 aliphatic rings. The van der Waals surface area contributed by atoms with Crippen molar-refractivity contribution < 1.29 is 14.3 Å². The summed E-state index contributed by atoms with van der Waals surface area (Å²) in [7, 11) is 0. The van der Waals surface area contributed by atoms with E-state index in [2.05, 4.69) is 25.6 Å². The van der Waals surface area contributed by atoms with E-state index in [1.165, 1.54) is 0 Å². The molecule has 3 aromatic carbocycles. The average Bonchev–Trinajstić information content (AvgIpc) is 3.47. The first-order chi connectivity index (χ1) is 21.0. The Hall–Kier alpha value is -4.73. The summed E-state index contributed by atoms with van der Waals surface area (Å²) in [5.41, 5.74) is 5.15. The first-order valence-corrected chi connectivity index (χ1v) is 14.6. The highest BCUT2D eigenvalue weighted by molar-refractivity contribution is 6.30. The molecule has 218 valence electrons. The monoisotopic (exact) mass is 594 g/mol. The molecule has 5 aromatic rings. The molecule has 1 fully saturated rings. The summed E-state index contributed by atoms with van der Waals surface area (Å²) in [5, 5.41) is 11.4. The highest BCUT2D eigenvalue weighted by Crippen LogP contribution is 2.29. The maximum atomic E-state index is 13.4. The molecular formula is C33H31ClN6O3. The highest BCUT2D eigenvalue weighted by Gasteiger charge is 2.23. The van der Waals surface area contributed by atoms with Gasteiger partial charge in [-0.2, -0.15) is 5.10 Å². The van der Waals surface area contributed by atoms with E-state index in [-0.39, 0.29) is 36.8 Å². The van der Waals surface area contributed by atoms with Gasteiger partial charge in [-0.3, -0.25) is 9.59 Å². The van der Waals surface area contributed by atoms with Gasteiger partial charge in [-0.05, 0) is 54.3 Å². The number of nitrogens with zero attached hydrogens (tertiary/aromatic N) is 4. The minimum atomic E-state index is -0.307. The molecule has 6 rings (SSSR count). The van der Waals surface area contributed by atoms with E-state index in [0.29, 0.717) is 16.4 Å². The minimum absolute atomic E-state index is 0.178. The van der Waals surface area contributed by atoms with Crippen LogP contribution < -0.4 is 15.5 Å². The molecule has 0 atom stereocenters. The highest BCUT2D eigenvalue weighted by atomic mass is 35.5. The van der Waals surface area contributed by atoms with E-state index >= 15 is 0 Å². The molecular weight excluding hydrogens is 564 g/mol. The number of hydrogen-bond acceptors (Lipinski definition) is 7. The molecule has 9 nitrogen and oxygen atoms in total. The molecule has 0 saturated carbocycles. The molecule has 3 heterocycles. The lowest BCUT2D eigenvalue weighted by Crippen LogP contribution is -2.44.